The molecule has 1 aliphatic rings. The van der Waals surface area contributed by atoms with E-state index in [0.717, 1.165) is 10.0 Å². The lowest BCUT2D eigenvalue weighted by molar-refractivity contribution is -0.923. The van der Waals surface area contributed by atoms with Crippen LogP contribution in [0.2, 0.25) is 10.0 Å². The number of likely N-dealkylation sites (tertiary alicyclic amines) is 1. The molecule has 1 N–H and O–H groups in total. The standard InChI is InChI=1S/C24H33BCl2N/c1-14-12-16(3)22(26)18(5)20(14)24(28-10-8-7-9-11-28)25-21-15(2)13-17(4)23(27)19(21)6/h12-13,24H,7-11,25H2,1-6H3/q-1/p+1. The van der Waals surface area contributed by atoms with Crippen LogP contribution in [0.5, 0.6) is 0 Å². The normalized spacial score (nSPS) is 16.4. The van der Waals surface area contributed by atoms with E-state index in [-0.39, 0.29) is 0 Å². The van der Waals surface area contributed by atoms with Gasteiger partial charge < -0.3 is 4.90 Å². The van der Waals surface area contributed by atoms with E-state index in [0.29, 0.717) is 5.94 Å². The Morgan fingerprint density at radius 1 is 0.750 bits per heavy atom. The lowest BCUT2D eigenvalue weighted by atomic mass is 9.56. The SMILES string of the molecule is Cc1cc(C)c([BH2-]C(c2c(C)cc(C)c(Cl)c2C)[NH+]2CCCCC2)c(C)c1Cl. The maximum absolute atomic E-state index is 6.73. The second-order valence-corrected chi connectivity index (χ2v) is 9.92. The molecule has 4 heteroatoms. The molecule has 0 saturated carbocycles. The number of nitrogens with one attached hydrogen (secondary N) is 1. The largest absolute Gasteiger partial charge is 0.360 e. The highest BCUT2D eigenvalue weighted by Crippen LogP contribution is 2.30. The van der Waals surface area contributed by atoms with Crippen molar-refractivity contribution >= 4 is 35.9 Å². The molecule has 0 spiro atoms. The molecule has 1 saturated heterocycles. The van der Waals surface area contributed by atoms with E-state index in [1.807, 2.05) is 0 Å². The average Bonchev–Trinajstić information content (AvgIpc) is 2.67. The van der Waals surface area contributed by atoms with Crippen molar-refractivity contribution in [2.45, 2.75) is 66.7 Å². The Kier molecular flexibility index (Phi) is 6.85. The number of benzene rings is 2. The molecule has 0 bridgehead atoms. The molecule has 0 aromatic heterocycles. The third kappa shape index (κ3) is 4.15. The van der Waals surface area contributed by atoms with E-state index in [9.17, 15) is 0 Å². The molecule has 2 aromatic carbocycles. The summed E-state index contributed by atoms with van der Waals surface area (Å²) in [6.45, 7) is 15.8. The van der Waals surface area contributed by atoms with E-state index < -0.39 is 7.28 Å². The fraction of sp³-hybridized carbons (Fsp3) is 0.500. The van der Waals surface area contributed by atoms with Crippen molar-refractivity contribution in [3.05, 3.63) is 61.1 Å². The minimum absolute atomic E-state index is 0.426. The second-order valence-electron chi connectivity index (χ2n) is 9.17. The molecule has 2 aromatic rings. The minimum Gasteiger partial charge on any atom is -0.360 e. The molecule has 1 aliphatic heterocycles. The van der Waals surface area contributed by atoms with Gasteiger partial charge in [0, 0.05) is 10.0 Å². The summed E-state index contributed by atoms with van der Waals surface area (Å²) in [7, 11) is -0.426. The second kappa shape index (κ2) is 8.82. The van der Waals surface area contributed by atoms with Gasteiger partial charge in [0.2, 0.25) is 0 Å². The van der Waals surface area contributed by atoms with Crippen LogP contribution in [0.15, 0.2) is 12.1 Å². The molecular weight excluding hydrogens is 384 g/mol. The number of hydrogen-bond donors (Lipinski definition) is 1. The number of quaternary nitrogens is 1. The molecular formula is C24H34BCl2N. The molecule has 0 amide bonds. The van der Waals surface area contributed by atoms with Crippen LogP contribution in [0.25, 0.3) is 0 Å². The first-order valence-electron chi connectivity index (χ1n) is 10.9. The molecule has 3 rings (SSSR count). The van der Waals surface area contributed by atoms with Crippen LogP contribution in [-0.4, -0.2) is 20.4 Å². The van der Waals surface area contributed by atoms with Crippen LogP contribution in [0.1, 0.15) is 64.1 Å². The molecule has 0 aliphatic carbocycles. The molecule has 152 valence electrons. The number of rotatable bonds is 4. The smallest absolute Gasteiger partial charge is 0.0750 e. The van der Waals surface area contributed by atoms with Crippen molar-refractivity contribution in [3.63, 3.8) is 0 Å². The predicted molar refractivity (Wildman–Crippen MR) is 127 cm³/mol. The molecule has 0 radical (unpaired) electrons. The summed E-state index contributed by atoms with van der Waals surface area (Å²) < 4.78 is 0. The summed E-state index contributed by atoms with van der Waals surface area (Å²) in [5.74, 6) is 0.551. The third-order valence-electron chi connectivity index (χ3n) is 7.32. The molecule has 1 atom stereocenters. The topological polar surface area (TPSA) is 4.44 Å². The van der Waals surface area contributed by atoms with Crippen LogP contribution >= 0.6 is 23.2 Å². The Hall–Kier alpha value is -0.955. The van der Waals surface area contributed by atoms with Gasteiger partial charge in [0.25, 0.3) is 0 Å². The first-order chi connectivity index (χ1) is 13.2. The molecule has 1 nitrogen and oxygen atoms in total. The van der Waals surface area contributed by atoms with Gasteiger partial charge in [0.05, 0.1) is 20.4 Å². The maximum Gasteiger partial charge on any atom is 0.0750 e. The van der Waals surface area contributed by atoms with E-state index in [1.54, 1.807) is 4.90 Å². The van der Waals surface area contributed by atoms with E-state index in [4.69, 9.17) is 23.2 Å². The van der Waals surface area contributed by atoms with Crippen molar-refractivity contribution in [1.29, 1.82) is 0 Å². The number of halogens is 2. The van der Waals surface area contributed by atoms with Crippen LogP contribution in [0.3, 0.4) is 0 Å². The summed E-state index contributed by atoms with van der Waals surface area (Å²) in [6, 6.07) is 4.56. The Morgan fingerprint density at radius 3 is 1.89 bits per heavy atom. The van der Waals surface area contributed by atoms with Gasteiger partial charge in [0.1, 0.15) is 0 Å². The van der Waals surface area contributed by atoms with Gasteiger partial charge >= 0.3 is 0 Å². The molecule has 1 unspecified atom stereocenters. The summed E-state index contributed by atoms with van der Waals surface area (Å²) >= 11 is 13.4. The molecule has 1 fully saturated rings. The highest BCUT2D eigenvalue weighted by Gasteiger charge is 2.27. The Bertz CT molecular complexity index is 885. The van der Waals surface area contributed by atoms with Gasteiger partial charge in [-0.1, -0.05) is 46.5 Å². The van der Waals surface area contributed by atoms with E-state index in [1.165, 1.54) is 76.8 Å². The van der Waals surface area contributed by atoms with Gasteiger partial charge in [-0.15, -0.1) is 0 Å². The minimum atomic E-state index is -0.426. The number of piperidine rings is 1. The van der Waals surface area contributed by atoms with Crippen molar-refractivity contribution in [3.8, 4) is 0 Å². The predicted octanol–water partition coefficient (Wildman–Crippen LogP) is 4.41. The van der Waals surface area contributed by atoms with Gasteiger partial charge in [-0.3, -0.25) is 0 Å². The van der Waals surface area contributed by atoms with Crippen LogP contribution in [0, 0.1) is 41.5 Å². The average molecular weight is 418 g/mol. The van der Waals surface area contributed by atoms with Crippen LogP contribution in [0.4, 0.5) is 0 Å². The maximum atomic E-state index is 6.73. The first-order valence-corrected chi connectivity index (χ1v) is 11.7. The highest BCUT2D eigenvalue weighted by molar-refractivity contribution is 6.56. The van der Waals surface area contributed by atoms with Gasteiger partial charge in [0.15, 0.2) is 0 Å². The fourth-order valence-electron chi connectivity index (χ4n) is 5.82. The van der Waals surface area contributed by atoms with Gasteiger partial charge in [-0.05, 0) is 94.6 Å². The van der Waals surface area contributed by atoms with Crippen LogP contribution in [-0.2, 0) is 0 Å². The monoisotopic (exact) mass is 417 g/mol. The summed E-state index contributed by atoms with van der Waals surface area (Å²) in [5, 5.41) is 1.90. The Morgan fingerprint density at radius 2 is 1.29 bits per heavy atom. The third-order valence-corrected chi connectivity index (χ3v) is 8.48. The van der Waals surface area contributed by atoms with Crippen molar-refractivity contribution < 1.29 is 4.90 Å². The van der Waals surface area contributed by atoms with Gasteiger partial charge in [-0.25, -0.2) is 5.46 Å². The fourth-order valence-corrected chi connectivity index (χ4v) is 6.17. The van der Waals surface area contributed by atoms with Crippen molar-refractivity contribution in [2.24, 2.45) is 0 Å². The van der Waals surface area contributed by atoms with Gasteiger partial charge in [-0.2, -0.15) is 0 Å². The van der Waals surface area contributed by atoms with Crippen LogP contribution < -0.4 is 10.4 Å². The zero-order chi connectivity index (χ0) is 20.6. The van der Waals surface area contributed by atoms with Crippen molar-refractivity contribution in [2.75, 3.05) is 13.1 Å². The zero-order valence-corrected chi connectivity index (χ0v) is 20.0. The lowest BCUT2D eigenvalue weighted by Gasteiger charge is -2.39. The summed E-state index contributed by atoms with van der Waals surface area (Å²) in [6.07, 6.45) is 4.04. The molecule has 28 heavy (non-hydrogen) atoms. The molecule has 1 heterocycles. The summed E-state index contributed by atoms with van der Waals surface area (Å²) in [4.78, 5) is 1.76. The van der Waals surface area contributed by atoms with Crippen molar-refractivity contribution in [1.82, 2.24) is 0 Å². The number of hydrogen-bond acceptors (Lipinski definition) is 0. The quantitative estimate of drug-likeness (QED) is 0.702. The van der Waals surface area contributed by atoms with E-state index >= 15 is 0 Å². The number of aryl methyl sites for hydroxylation is 4. The highest BCUT2D eigenvalue weighted by atomic mass is 35.5. The Balaban J connectivity index is 2.13. The first kappa shape index (κ1) is 21.7. The lowest BCUT2D eigenvalue weighted by Crippen LogP contribution is -3.14. The van der Waals surface area contributed by atoms with E-state index in [2.05, 4.69) is 53.7 Å². The Labute approximate surface area is 181 Å². The zero-order valence-electron chi connectivity index (χ0n) is 18.5. The summed E-state index contributed by atoms with van der Waals surface area (Å²) in [5.41, 5.74) is 10.8.